The number of carbonyl (C=O) groups excluding carboxylic acids is 1. The highest BCUT2D eigenvalue weighted by molar-refractivity contribution is 5.78. The molecule has 1 unspecified atom stereocenters. The number of para-hydroxylation sites is 1. The van der Waals surface area contributed by atoms with Crippen LogP contribution in [0.3, 0.4) is 0 Å². The summed E-state index contributed by atoms with van der Waals surface area (Å²) < 4.78 is 0. The quantitative estimate of drug-likeness (QED) is 0.880. The summed E-state index contributed by atoms with van der Waals surface area (Å²) in [5, 5.41) is 12.2. The molecule has 1 heterocycles. The molecular formula is C14H17N3O. The van der Waals surface area contributed by atoms with Gasteiger partial charge in [-0.3, -0.25) is 4.79 Å². The van der Waals surface area contributed by atoms with Crippen molar-refractivity contribution in [2.24, 2.45) is 0 Å². The molecule has 18 heavy (non-hydrogen) atoms. The molecule has 4 nitrogen and oxygen atoms in total. The first-order valence-electron chi connectivity index (χ1n) is 6.28. The van der Waals surface area contributed by atoms with Crippen molar-refractivity contribution in [1.29, 1.82) is 5.26 Å². The molecule has 1 fully saturated rings. The molecule has 0 radical (unpaired) electrons. The summed E-state index contributed by atoms with van der Waals surface area (Å²) in [6.07, 6.45) is 2.40. The Morgan fingerprint density at radius 3 is 2.61 bits per heavy atom. The van der Waals surface area contributed by atoms with Crippen molar-refractivity contribution >= 4 is 11.6 Å². The lowest BCUT2D eigenvalue weighted by Gasteiger charge is -2.18. The van der Waals surface area contributed by atoms with Crippen molar-refractivity contribution in [3.05, 3.63) is 30.3 Å². The normalized spacial score (nSPS) is 16.1. The Hall–Kier alpha value is -2.02. The molecule has 1 aliphatic heterocycles. The largest absolute Gasteiger partial charge is 0.369 e. The van der Waals surface area contributed by atoms with Gasteiger partial charge in [-0.1, -0.05) is 18.2 Å². The minimum atomic E-state index is -0.458. The van der Waals surface area contributed by atoms with Crippen LogP contribution in [-0.4, -0.2) is 29.9 Å². The van der Waals surface area contributed by atoms with E-state index in [0.717, 1.165) is 31.6 Å². The maximum absolute atomic E-state index is 11.9. The third-order valence-corrected chi connectivity index (χ3v) is 3.11. The van der Waals surface area contributed by atoms with Gasteiger partial charge in [-0.2, -0.15) is 5.26 Å². The number of likely N-dealkylation sites (tertiary alicyclic amines) is 1. The molecule has 1 saturated heterocycles. The van der Waals surface area contributed by atoms with Crippen LogP contribution in [0.25, 0.3) is 0 Å². The minimum Gasteiger partial charge on any atom is -0.369 e. The topological polar surface area (TPSA) is 56.1 Å². The van der Waals surface area contributed by atoms with E-state index < -0.39 is 6.04 Å². The average Bonchev–Trinajstić information content (AvgIpc) is 2.93. The predicted octanol–water partition coefficient (Wildman–Crippen LogP) is 2.00. The van der Waals surface area contributed by atoms with Crippen LogP contribution in [0.5, 0.6) is 0 Å². The number of nitrogens with zero attached hydrogens (tertiary/aromatic N) is 2. The van der Waals surface area contributed by atoms with Crippen molar-refractivity contribution in [3.63, 3.8) is 0 Å². The number of amides is 1. The molecule has 1 N–H and O–H groups in total. The Morgan fingerprint density at radius 2 is 2.00 bits per heavy atom. The number of rotatable bonds is 4. The van der Waals surface area contributed by atoms with E-state index in [0.29, 0.717) is 0 Å². The summed E-state index contributed by atoms with van der Waals surface area (Å²) in [6, 6.07) is 11.2. The standard InChI is InChI=1S/C14H17N3O/c15-11-13(16-12-6-2-1-3-7-12)10-14(18)17-8-4-5-9-17/h1-3,6-7,13,16H,4-5,8-10H2. The first-order valence-corrected chi connectivity index (χ1v) is 6.28. The zero-order valence-corrected chi connectivity index (χ0v) is 10.3. The average molecular weight is 243 g/mol. The molecule has 1 atom stereocenters. The van der Waals surface area contributed by atoms with Crippen LogP contribution in [0.1, 0.15) is 19.3 Å². The fourth-order valence-corrected chi connectivity index (χ4v) is 2.13. The minimum absolute atomic E-state index is 0.0717. The Labute approximate surface area is 107 Å². The summed E-state index contributed by atoms with van der Waals surface area (Å²) in [5.74, 6) is 0.0717. The van der Waals surface area contributed by atoms with Crippen LogP contribution >= 0.6 is 0 Å². The molecule has 1 aromatic carbocycles. The molecule has 2 rings (SSSR count). The number of benzene rings is 1. The smallest absolute Gasteiger partial charge is 0.225 e. The van der Waals surface area contributed by atoms with Gasteiger partial charge in [0.2, 0.25) is 5.91 Å². The summed E-state index contributed by atoms with van der Waals surface area (Å²) in [6.45, 7) is 1.67. The predicted molar refractivity (Wildman–Crippen MR) is 69.9 cm³/mol. The third-order valence-electron chi connectivity index (χ3n) is 3.11. The first kappa shape index (κ1) is 12.4. The zero-order valence-electron chi connectivity index (χ0n) is 10.3. The molecule has 94 valence electrons. The molecule has 0 saturated carbocycles. The molecule has 0 spiro atoms. The zero-order chi connectivity index (χ0) is 12.8. The Balaban J connectivity index is 1.89. The van der Waals surface area contributed by atoms with E-state index >= 15 is 0 Å². The molecule has 0 aromatic heterocycles. The number of anilines is 1. The molecule has 1 aliphatic rings. The van der Waals surface area contributed by atoms with Gasteiger partial charge in [0, 0.05) is 18.8 Å². The van der Waals surface area contributed by atoms with E-state index in [2.05, 4.69) is 11.4 Å². The van der Waals surface area contributed by atoms with Gasteiger partial charge in [-0.25, -0.2) is 0 Å². The van der Waals surface area contributed by atoms with Crippen LogP contribution < -0.4 is 5.32 Å². The monoisotopic (exact) mass is 243 g/mol. The van der Waals surface area contributed by atoms with Gasteiger partial charge in [0.25, 0.3) is 0 Å². The van der Waals surface area contributed by atoms with Gasteiger partial charge in [0.05, 0.1) is 12.5 Å². The Morgan fingerprint density at radius 1 is 1.33 bits per heavy atom. The summed E-state index contributed by atoms with van der Waals surface area (Å²) in [7, 11) is 0. The van der Waals surface area contributed by atoms with E-state index in [9.17, 15) is 4.79 Å². The Bertz CT molecular complexity index is 432. The van der Waals surface area contributed by atoms with Crippen molar-refractivity contribution in [3.8, 4) is 6.07 Å². The molecule has 0 aliphatic carbocycles. The van der Waals surface area contributed by atoms with Gasteiger partial charge in [0.1, 0.15) is 6.04 Å². The van der Waals surface area contributed by atoms with Crippen LogP contribution in [0.2, 0.25) is 0 Å². The highest BCUT2D eigenvalue weighted by Gasteiger charge is 2.21. The highest BCUT2D eigenvalue weighted by atomic mass is 16.2. The summed E-state index contributed by atoms with van der Waals surface area (Å²) >= 11 is 0. The van der Waals surface area contributed by atoms with Crippen LogP contribution in [0.4, 0.5) is 5.69 Å². The van der Waals surface area contributed by atoms with Crippen molar-refractivity contribution in [2.45, 2.75) is 25.3 Å². The summed E-state index contributed by atoms with van der Waals surface area (Å²) in [4.78, 5) is 13.8. The second-order valence-electron chi connectivity index (χ2n) is 4.48. The van der Waals surface area contributed by atoms with Gasteiger partial charge in [-0.05, 0) is 25.0 Å². The maximum Gasteiger partial charge on any atom is 0.225 e. The molecule has 4 heteroatoms. The van der Waals surface area contributed by atoms with E-state index in [1.807, 2.05) is 35.2 Å². The Kier molecular flexibility index (Phi) is 4.19. The highest BCUT2D eigenvalue weighted by Crippen LogP contribution is 2.13. The van der Waals surface area contributed by atoms with Crippen LogP contribution in [0.15, 0.2) is 30.3 Å². The number of nitriles is 1. The van der Waals surface area contributed by atoms with E-state index in [1.54, 1.807) is 0 Å². The maximum atomic E-state index is 11.9. The SMILES string of the molecule is N#CC(CC(=O)N1CCCC1)Nc1ccccc1. The number of nitrogens with one attached hydrogen (secondary N) is 1. The van der Waals surface area contributed by atoms with E-state index in [1.165, 1.54) is 0 Å². The molecule has 0 bridgehead atoms. The molecule has 1 amide bonds. The summed E-state index contributed by atoms with van der Waals surface area (Å²) in [5.41, 5.74) is 0.873. The molecular weight excluding hydrogens is 226 g/mol. The van der Waals surface area contributed by atoms with Crippen LogP contribution in [0, 0.1) is 11.3 Å². The second-order valence-corrected chi connectivity index (χ2v) is 4.48. The van der Waals surface area contributed by atoms with Gasteiger partial charge in [0.15, 0.2) is 0 Å². The first-order chi connectivity index (χ1) is 8.79. The fourth-order valence-electron chi connectivity index (χ4n) is 2.13. The van der Waals surface area contributed by atoms with Gasteiger partial charge in [-0.15, -0.1) is 0 Å². The lowest BCUT2D eigenvalue weighted by atomic mass is 10.2. The number of hydrogen-bond donors (Lipinski definition) is 1. The van der Waals surface area contributed by atoms with E-state index in [4.69, 9.17) is 5.26 Å². The number of hydrogen-bond acceptors (Lipinski definition) is 3. The second kappa shape index (κ2) is 6.06. The number of carbonyl (C=O) groups is 1. The van der Waals surface area contributed by atoms with Crippen LogP contribution in [-0.2, 0) is 4.79 Å². The lowest BCUT2D eigenvalue weighted by molar-refractivity contribution is -0.130. The van der Waals surface area contributed by atoms with E-state index in [-0.39, 0.29) is 12.3 Å². The van der Waals surface area contributed by atoms with Crippen molar-refractivity contribution in [2.75, 3.05) is 18.4 Å². The lowest BCUT2D eigenvalue weighted by Crippen LogP contribution is -2.32. The van der Waals surface area contributed by atoms with Gasteiger partial charge >= 0.3 is 0 Å². The van der Waals surface area contributed by atoms with Crippen molar-refractivity contribution < 1.29 is 4.79 Å². The van der Waals surface area contributed by atoms with Gasteiger partial charge < -0.3 is 10.2 Å². The third kappa shape index (κ3) is 3.24. The molecule has 1 aromatic rings. The van der Waals surface area contributed by atoms with Crippen molar-refractivity contribution in [1.82, 2.24) is 4.90 Å². The fraction of sp³-hybridized carbons (Fsp3) is 0.429.